The lowest BCUT2D eigenvalue weighted by Crippen LogP contribution is -2.43. The molecule has 0 spiro atoms. The van der Waals surface area contributed by atoms with Crippen LogP contribution in [-0.4, -0.2) is 19.1 Å². The van der Waals surface area contributed by atoms with Crippen molar-refractivity contribution >= 4 is 5.69 Å². The fraction of sp³-hybridized carbons (Fsp3) is 0.600. The minimum Gasteiger partial charge on any atom is -0.368 e. The fourth-order valence-electron chi connectivity index (χ4n) is 2.31. The average molecular weight is 252 g/mol. The van der Waals surface area contributed by atoms with Crippen molar-refractivity contribution in [1.82, 2.24) is 0 Å². The molecular formula is C15H25FN2. The SMILES string of the molecule is CCN(c1ccc(F)cc1)C(CN)CC(C)(C)C. The molecule has 2 N–H and O–H groups in total. The van der Waals surface area contributed by atoms with Crippen LogP contribution in [0.25, 0.3) is 0 Å². The minimum absolute atomic E-state index is 0.199. The zero-order valence-corrected chi connectivity index (χ0v) is 11.9. The van der Waals surface area contributed by atoms with Crippen LogP contribution in [0.2, 0.25) is 0 Å². The maximum atomic E-state index is 13.0. The highest BCUT2D eigenvalue weighted by atomic mass is 19.1. The lowest BCUT2D eigenvalue weighted by Gasteiger charge is -2.36. The molecule has 1 atom stereocenters. The third kappa shape index (κ3) is 4.30. The number of hydrogen-bond donors (Lipinski definition) is 1. The molecule has 3 heteroatoms. The second kappa shape index (κ2) is 6.19. The molecule has 0 saturated carbocycles. The molecule has 0 heterocycles. The van der Waals surface area contributed by atoms with Gasteiger partial charge in [-0.15, -0.1) is 0 Å². The van der Waals surface area contributed by atoms with Gasteiger partial charge >= 0.3 is 0 Å². The van der Waals surface area contributed by atoms with Gasteiger partial charge in [-0.2, -0.15) is 0 Å². The summed E-state index contributed by atoms with van der Waals surface area (Å²) in [5, 5.41) is 0. The van der Waals surface area contributed by atoms with Gasteiger partial charge in [0.1, 0.15) is 5.82 Å². The van der Waals surface area contributed by atoms with Crippen LogP contribution in [-0.2, 0) is 0 Å². The summed E-state index contributed by atoms with van der Waals surface area (Å²) in [5.41, 5.74) is 7.18. The highest BCUT2D eigenvalue weighted by Crippen LogP contribution is 2.26. The first-order valence-electron chi connectivity index (χ1n) is 6.59. The summed E-state index contributed by atoms with van der Waals surface area (Å²) in [7, 11) is 0. The van der Waals surface area contributed by atoms with Crippen LogP contribution in [0.1, 0.15) is 34.1 Å². The Labute approximate surface area is 110 Å². The molecule has 0 amide bonds. The van der Waals surface area contributed by atoms with Gasteiger partial charge in [-0.1, -0.05) is 20.8 Å². The van der Waals surface area contributed by atoms with Gasteiger partial charge in [0.15, 0.2) is 0 Å². The van der Waals surface area contributed by atoms with E-state index in [0.29, 0.717) is 12.6 Å². The highest BCUT2D eigenvalue weighted by Gasteiger charge is 2.22. The van der Waals surface area contributed by atoms with E-state index in [0.717, 1.165) is 18.7 Å². The number of rotatable bonds is 5. The highest BCUT2D eigenvalue weighted by molar-refractivity contribution is 5.47. The van der Waals surface area contributed by atoms with Crippen molar-refractivity contribution in [2.75, 3.05) is 18.0 Å². The Balaban J connectivity index is 2.89. The summed E-state index contributed by atoms with van der Waals surface area (Å²) < 4.78 is 13.0. The maximum absolute atomic E-state index is 13.0. The Morgan fingerprint density at radius 3 is 2.17 bits per heavy atom. The van der Waals surface area contributed by atoms with Crippen molar-refractivity contribution in [2.24, 2.45) is 11.1 Å². The first kappa shape index (κ1) is 15.0. The molecule has 1 aromatic rings. The summed E-state index contributed by atoms with van der Waals surface area (Å²) in [6.07, 6.45) is 1.02. The van der Waals surface area contributed by atoms with E-state index in [2.05, 4.69) is 32.6 Å². The third-order valence-corrected chi connectivity index (χ3v) is 3.06. The van der Waals surface area contributed by atoms with Crippen LogP contribution in [0.3, 0.4) is 0 Å². The Morgan fingerprint density at radius 1 is 1.22 bits per heavy atom. The second-order valence-corrected chi connectivity index (χ2v) is 5.92. The molecule has 1 unspecified atom stereocenters. The number of likely N-dealkylation sites (N-methyl/N-ethyl adjacent to an activating group) is 1. The quantitative estimate of drug-likeness (QED) is 0.870. The molecule has 1 rings (SSSR count). The first-order valence-corrected chi connectivity index (χ1v) is 6.59. The Morgan fingerprint density at radius 2 is 1.78 bits per heavy atom. The van der Waals surface area contributed by atoms with E-state index in [4.69, 9.17) is 5.73 Å². The van der Waals surface area contributed by atoms with Crippen LogP contribution < -0.4 is 10.6 Å². The van der Waals surface area contributed by atoms with Gasteiger partial charge in [0, 0.05) is 24.8 Å². The number of nitrogens with zero attached hydrogens (tertiary/aromatic N) is 1. The van der Waals surface area contributed by atoms with Crippen molar-refractivity contribution in [2.45, 2.75) is 40.2 Å². The Bertz CT molecular complexity index is 354. The topological polar surface area (TPSA) is 29.3 Å². The Hall–Kier alpha value is -1.09. The van der Waals surface area contributed by atoms with Crippen LogP contribution in [0, 0.1) is 11.2 Å². The number of nitrogens with two attached hydrogens (primary N) is 1. The van der Waals surface area contributed by atoms with Gasteiger partial charge in [0.25, 0.3) is 0 Å². The monoisotopic (exact) mass is 252 g/mol. The van der Waals surface area contributed by atoms with Crippen molar-refractivity contribution in [1.29, 1.82) is 0 Å². The molecule has 2 nitrogen and oxygen atoms in total. The van der Waals surface area contributed by atoms with E-state index in [1.807, 2.05) is 12.1 Å². The number of halogens is 1. The standard InChI is InChI=1S/C15H25FN2/c1-5-18(13-8-6-12(16)7-9-13)14(11-17)10-15(2,3)4/h6-9,14H,5,10-11,17H2,1-4H3. The van der Waals surface area contributed by atoms with Gasteiger partial charge in [0.2, 0.25) is 0 Å². The van der Waals surface area contributed by atoms with E-state index in [-0.39, 0.29) is 11.2 Å². The van der Waals surface area contributed by atoms with Crippen LogP contribution in [0.5, 0.6) is 0 Å². The molecule has 0 aliphatic heterocycles. The summed E-state index contributed by atoms with van der Waals surface area (Å²) in [5.74, 6) is -0.199. The van der Waals surface area contributed by atoms with Crippen molar-refractivity contribution in [3.8, 4) is 0 Å². The van der Waals surface area contributed by atoms with Gasteiger partial charge in [-0.25, -0.2) is 4.39 Å². The van der Waals surface area contributed by atoms with Crippen molar-refractivity contribution in [3.05, 3.63) is 30.1 Å². The molecule has 0 aliphatic rings. The van der Waals surface area contributed by atoms with Gasteiger partial charge in [-0.05, 0) is 43.0 Å². The van der Waals surface area contributed by atoms with Gasteiger partial charge in [-0.3, -0.25) is 0 Å². The number of benzene rings is 1. The Kier molecular flexibility index (Phi) is 5.15. The zero-order chi connectivity index (χ0) is 13.8. The summed E-state index contributed by atoms with van der Waals surface area (Å²) in [4.78, 5) is 2.25. The number of hydrogen-bond acceptors (Lipinski definition) is 2. The van der Waals surface area contributed by atoms with E-state index in [1.54, 1.807) is 0 Å². The normalized spacial score (nSPS) is 13.4. The number of anilines is 1. The lowest BCUT2D eigenvalue weighted by atomic mass is 9.87. The predicted molar refractivity (Wildman–Crippen MR) is 76.3 cm³/mol. The molecule has 0 aliphatic carbocycles. The van der Waals surface area contributed by atoms with E-state index >= 15 is 0 Å². The van der Waals surface area contributed by atoms with Crippen LogP contribution in [0.4, 0.5) is 10.1 Å². The molecule has 0 saturated heterocycles. The van der Waals surface area contributed by atoms with Gasteiger partial charge in [0.05, 0.1) is 0 Å². The molecule has 0 aromatic heterocycles. The molecule has 1 aromatic carbocycles. The van der Waals surface area contributed by atoms with Crippen LogP contribution in [0.15, 0.2) is 24.3 Å². The van der Waals surface area contributed by atoms with Crippen molar-refractivity contribution in [3.63, 3.8) is 0 Å². The molecular weight excluding hydrogens is 227 g/mol. The smallest absolute Gasteiger partial charge is 0.123 e. The van der Waals surface area contributed by atoms with E-state index < -0.39 is 0 Å². The maximum Gasteiger partial charge on any atom is 0.123 e. The fourth-order valence-corrected chi connectivity index (χ4v) is 2.31. The molecule has 0 bridgehead atoms. The molecule has 0 fully saturated rings. The summed E-state index contributed by atoms with van der Waals surface area (Å²) in [6.45, 7) is 10.2. The van der Waals surface area contributed by atoms with Crippen molar-refractivity contribution < 1.29 is 4.39 Å². The predicted octanol–water partition coefficient (Wildman–Crippen LogP) is 3.42. The first-order chi connectivity index (χ1) is 8.37. The molecule has 102 valence electrons. The molecule has 18 heavy (non-hydrogen) atoms. The zero-order valence-electron chi connectivity index (χ0n) is 11.9. The average Bonchev–Trinajstić information content (AvgIpc) is 2.29. The summed E-state index contributed by atoms with van der Waals surface area (Å²) >= 11 is 0. The van der Waals surface area contributed by atoms with Crippen LogP contribution >= 0.6 is 0 Å². The molecule has 0 radical (unpaired) electrons. The third-order valence-electron chi connectivity index (χ3n) is 3.06. The minimum atomic E-state index is -0.199. The summed E-state index contributed by atoms with van der Waals surface area (Å²) in [6, 6.07) is 6.94. The van der Waals surface area contributed by atoms with Gasteiger partial charge < -0.3 is 10.6 Å². The largest absolute Gasteiger partial charge is 0.368 e. The second-order valence-electron chi connectivity index (χ2n) is 5.92. The van der Waals surface area contributed by atoms with E-state index in [9.17, 15) is 4.39 Å². The lowest BCUT2D eigenvalue weighted by molar-refractivity contribution is 0.333. The van der Waals surface area contributed by atoms with E-state index in [1.165, 1.54) is 12.1 Å².